The summed E-state index contributed by atoms with van der Waals surface area (Å²) in [5.74, 6) is 0. The van der Waals surface area contributed by atoms with Crippen LogP contribution < -0.4 is 10.7 Å². The van der Waals surface area contributed by atoms with Crippen molar-refractivity contribution in [1.29, 1.82) is 0 Å². The molecule has 6 heteroatoms. The Morgan fingerprint density at radius 2 is 0.977 bits per heavy atom. The van der Waals surface area contributed by atoms with Gasteiger partial charge < -0.3 is 0 Å². The van der Waals surface area contributed by atoms with Crippen LogP contribution in [-0.2, 0) is 0 Å². The zero-order chi connectivity index (χ0) is 32.1. The van der Waals surface area contributed by atoms with Crippen LogP contribution in [-0.4, -0.2) is 39.2 Å². The van der Waals surface area contributed by atoms with E-state index in [-0.39, 0.29) is 15.5 Å². The quantitative estimate of drug-likeness (QED) is 0.183. The van der Waals surface area contributed by atoms with Crippen LogP contribution in [0.5, 0.6) is 0 Å². The molecule has 0 nitrogen and oxygen atoms in total. The van der Waals surface area contributed by atoms with Crippen molar-refractivity contribution in [3.63, 3.8) is 0 Å². The van der Waals surface area contributed by atoms with Crippen molar-refractivity contribution in [1.82, 2.24) is 0 Å². The molecule has 233 valence electrons. The van der Waals surface area contributed by atoms with Gasteiger partial charge in [0, 0.05) is 4.90 Å². The van der Waals surface area contributed by atoms with Gasteiger partial charge in [-0.3, -0.25) is 0 Å². The average Bonchev–Trinajstić information content (AvgIpc) is 3.19. The Kier molecular flexibility index (Phi) is 8.70. The minimum atomic E-state index is -1.98. The van der Waals surface area contributed by atoms with E-state index in [9.17, 15) is 0 Å². The molecule has 0 aliphatic carbocycles. The van der Waals surface area contributed by atoms with Crippen molar-refractivity contribution < 1.29 is 0 Å². The Bertz CT molecular complexity index is 1450. The van der Waals surface area contributed by atoms with Crippen LogP contribution in [0, 0.1) is 21.7 Å². The van der Waals surface area contributed by atoms with E-state index in [2.05, 4.69) is 174 Å². The molecule has 5 heterocycles. The van der Waals surface area contributed by atoms with Crippen molar-refractivity contribution in [2.75, 3.05) is 0 Å². The summed E-state index contributed by atoms with van der Waals surface area (Å²) in [6, 6.07) is 32.9. The van der Waals surface area contributed by atoms with E-state index < -0.39 is 19.8 Å². The summed E-state index contributed by atoms with van der Waals surface area (Å²) >= 11 is -1.98. The molecule has 7 atom stereocenters. The second kappa shape index (κ2) is 11.2. The zero-order valence-corrected chi connectivity index (χ0v) is 36.4. The summed E-state index contributed by atoms with van der Waals surface area (Å²) in [5, 5.41) is 2.01. The van der Waals surface area contributed by atoms with Crippen LogP contribution in [0.3, 0.4) is 0 Å². The Morgan fingerprint density at radius 1 is 0.568 bits per heavy atom. The predicted molar refractivity (Wildman–Crippen MR) is 211 cm³/mol. The molecule has 5 aliphatic heterocycles. The van der Waals surface area contributed by atoms with Crippen molar-refractivity contribution in [3.05, 3.63) is 91.0 Å². The number of rotatable bonds is 3. The van der Waals surface area contributed by atoms with E-state index >= 15 is 0 Å². The molecule has 6 bridgehead atoms. The molecule has 0 saturated carbocycles. The van der Waals surface area contributed by atoms with Gasteiger partial charge in [-0.05, 0) is 49.5 Å². The fourth-order valence-corrected chi connectivity index (χ4v) is 65.2. The van der Waals surface area contributed by atoms with E-state index in [0.717, 1.165) is 4.64 Å². The van der Waals surface area contributed by atoms with Crippen LogP contribution in [0.4, 0.5) is 0 Å². The van der Waals surface area contributed by atoms with Crippen molar-refractivity contribution in [3.8, 4) is 0 Å². The van der Waals surface area contributed by atoms with Crippen molar-refractivity contribution in [2.45, 2.75) is 97.5 Å². The number of hydrogen-bond donors (Lipinski definition) is 0. The van der Waals surface area contributed by atoms with Gasteiger partial charge in [-0.25, -0.2) is 0 Å². The fourth-order valence-electron chi connectivity index (χ4n) is 8.20. The van der Waals surface area contributed by atoms with Crippen LogP contribution in [0.15, 0.2) is 91.0 Å². The minimum absolute atomic E-state index is 0.0222. The topological polar surface area (TPSA) is 0 Å². The molecule has 4 fully saturated rings. The maximum absolute atomic E-state index is 2.62. The zero-order valence-electron chi connectivity index (χ0n) is 28.9. The molecule has 0 spiro atoms. The molecule has 44 heavy (non-hydrogen) atoms. The molecule has 5 aliphatic rings. The Morgan fingerprint density at radius 3 is 1.27 bits per heavy atom. The summed E-state index contributed by atoms with van der Waals surface area (Å²) in [6.45, 7) is 31.1. The normalized spacial score (nSPS) is 32.8. The first-order valence-electron chi connectivity index (χ1n) is 16.2. The second-order valence-corrected chi connectivity index (χ2v) is 39.8. The molecule has 0 N–H and O–H groups in total. The van der Waals surface area contributed by atoms with Crippen LogP contribution in [0.1, 0.15) is 83.1 Å². The van der Waals surface area contributed by atoms with E-state index in [0.29, 0.717) is 38.8 Å². The summed E-state index contributed by atoms with van der Waals surface area (Å²) in [7, 11) is 3.69. The number of benzene rings is 3. The van der Waals surface area contributed by atoms with E-state index in [1.54, 1.807) is 0 Å². The summed E-state index contributed by atoms with van der Waals surface area (Å²) in [5.41, 5.74) is 1.78. The van der Waals surface area contributed by atoms with E-state index in [1.165, 1.54) is 19.0 Å². The summed E-state index contributed by atoms with van der Waals surface area (Å²) < 4.78 is 5.37. The van der Waals surface area contributed by atoms with Gasteiger partial charge in [-0.15, -0.1) is 0 Å². The van der Waals surface area contributed by atoms with Gasteiger partial charge in [0.05, 0.1) is 9.54 Å². The third-order valence-electron chi connectivity index (χ3n) is 9.95. The predicted octanol–water partition coefficient (Wildman–Crippen LogP) is 11.5. The fraction of sp³-hybridized carbons (Fsp3) is 0.500. The van der Waals surface area contributed by atoms with Crippen molar-refractivity contribution >= 4 is 74.8 Å². The summed E-state index contributed by atoms with van der Waals surface area (Å²) in [6.07, 6.45) is 0. The Labute approximate surface area is 283 Å². The van der Waals surface area contributed by atoms with Gasteiger partial charge in [-0.2, -0.15) is 0 Å². The van der Waals surface area contributed by atoms with Gasteiger partial charge in [0.15, 0.2) is 0 Å². The van der Waals surface area contributed by atoms with Gasteiger partial charge in [-0.1, -0.05) is 99.6 Å². The van der Waals surface area contributed by atoms with E-state index in [4.69, 9.17) is 0 Å². The monoisotopic (exact) mass is 783 g/mol. The van der Waals surface area contributed by atoms with Crippen LogP contribution in [0.25, 0.3) is 0 Å². The third-order valence-corrected chi connectivity index (χ3v) is 48.8. The number of hydrogen-bond acceptors (Lipinski definition) is 0. The van der Waals surface area contributed by atoms with E-state index in [1.807, 2.05) is 13.2 Å². The van der Waals surface area contributed by atoms with Gasteiger partial charge in [0.25, 0.3) is 0 Å². The van der Waals surface area contributed by atoms with Gasteiger partial charge in [0.2, 0.25) is 0 Å². The second-order valence-electron chi connectivity index (χ2n) is 17.0. The Hall–Kier alpha value is 0.349. The third kappa shape index (κ3) is 4.68. The van der Waals surface area contributed by atoms with Crippen LogP contribution >= 0.6 is 39.3 Å². The summed E-state index contributed by atoms with van der Waals surface area (Å²) in [4.78, 5) is 1.25. The maximum atomic E-state index is 2.62. The van der Waals surface area contributed by atoms with Gasteiger partial charge in [0.1, 0.15) is 0 Å². The molecule has 4 saturated heterocycles. The first-order chi connectivity index (χ1) is 20.4. The molecule has 1 radical (unpaired) electrons. The molecular formula is C38H52P5Sn. The van der Waals surface area contributed by atoms with Crippen molar-refractivity contribution in [2.24, 2.45) is 21.7 Å². The molecule has 3 aromatic rings. The molecular weight excluding hydrogens is 730 g/mol. The average molecular weight is 782 g/mol. The van der Waals surface area contributed by atoms with Gasteiger partial charge >= 0.3 is 121 Å². The molecule has 3 aromatic carbocycles. The molecule has 4 unspecified atom stereocenters. The van der Waals surface area contributed by atoms with Crippen LogP contribution in [0.2, 0.25) is 0 Å². The first kappa shape index (κ1) is 34.2. The first-order valence-corrected chi connectivity index (χ1v) is 27.9. The SMILES string of the molecule is CC(C)(C)C1=P[C@]2(C(C)(C)C)P3P4P[C@]2(C(C)(C)C)P1[C@]43C(C)(C)C.c1cc[c]([Sn]([c]2ccccc2)[c]2ccccc2)cc1. The Balaban J connectivity index is 0.000000162. The standard InChI is InChI=1S/C20H37P5.3C6H5.Sn/c1-14(2,3)13-21-18(15(4,5)6)19(16(7,8)9)22-25-20(23(13)19,24(18)25)17(10,11)12;3*1-2-4-6-5-3-1;/h22H,1-12H3;3*1-5H;/t18-,19-,20+,23?,24?,25?;;;;/m1..../s1. The molecule has 0 amide bonds. The molecule has 8 rings (SSSR count). The molecule has 0 aromatic heterocycles.